The molecule has 144 valence electrons. The van der Waals surface area contributed by atoms with Crippen LogP contribution >= 0.6 is 23.2 Å². The topological polar surface area (TPSA) is 74.8 Å². The first kappa shape index (κ1) is 18.8. The lowest BCUT2D eigenvalue weighted by Crippen LogP contribution is -2.28. The molecule has 1 aliphatic rings. The molecule has 1 unspecified atom stereocenters. The first-order valence-electron chi connectivity index (χ1n) is 8.41. The van der Waals surface area contributed by atoms with Gasteiger partial charge in [-0.1, -0.05) is 23.2 Å². The Kier molecular flexibility index (Phi) is 4.99. The number of aromatic nitrogens is 4. The molecule has 3 aromatic rings. The van der Waals surface area contributed by atoms with E-state index < -0.39 is 22.6 Å². The number of H-pyrrole nitrogens is 1. The Morgan fingerprint density at radius 3 is 2.61 bits per heavy atom. The maximum Gasteiger partial charge on any atom is 0.231 e. The van der Waals surface area contributed by atoms with Crippen LogP contribution in [0, 0.1) is 17.6 Å². The number of hydrogen-bond acceptors (Lipinski definition) is 4. The van der Waals surface area contributed by atoms with E-state index in [1.807, 2.05) is 0 Å². The Morgan fingerprint density at radius 2 is 1.93 bits per heavy atom. The normalized spacial score (nSPS) is 16.8. The van der Waals surface area contributed by atoms with Gasteiger partial charge in [-0.05, 0) is 36.6 Å². The van der Waals surface area contributed by atoms with E-state index in [1.54, 1.807) is 6.07 Å². The highest BCUT2D eigenvalue weighted by atomic mass is 35.5. The SMILES string of the molecule is O=C1C(Cc2cc(F)c(Cl)c(F)c2)CCN1c1n[nH]c(-c2ccnnc2)c1Cl. The van der Waals surface area contributed by atoms with Crippen LogP contribution in [0.25, 0.3) is 11.3 Å². The van der Waals surface area contributed by atoms with E-state index in [0.717, 1.165) is 12.1 Å². The molecule has 28 heavy (non-hydrogen) atoms. The molecule has 0 aliphatic carbocycles. The number of nitrogens with one attached hydrogen (secondary N) is 1. The number of nitrogens with zero attached hydrogens (tertiary/aromatic N) is 4. The van der Waals surface area contributed by atoms with Crippen molar-refractivity contribution in [2.45, 2.75) is 12.8 Å². The fourth-order valence-electron chi connectivity index (χ4n) is 3.28. The van der Waals surface area contributed by atoms with Crippen LogP contribution in [0.2, 0.25) is 10.0 Å². The predicted molar refractivity (Wildman–Crippen MR) is 100 cm³/mol. The molecule has 1 amide bonds. The fraction of sp³-hybridized carbons (Fsp3) is 0.222. The van der Waals surface area contributed by atoms with Gasteiger partial charge >= 0.3 is 0 Å². The van der Waals surface area contributed by atoms with Crippen LogP contribution in [-0.4, -0.2) is 32.8 Å². The summed E-state index contributed by atoms with van der Waals surface area (Å²) in [4.78, 5) is 14.3. The molecule has 1 fully saturated rings. The largest absolute Gasteiger partial charge is 0.294 e. The number of benzene rings is 1. The number of amides is 1. The first-order valence-corrected chi connectivity index (χ1v) is 9.17. The molecule has 0 spiro atoms. The second-order valence-electron chi connectivity index (χ2n) is 6.42. The third-order valence-electron chi connectivity index (χ3n) is 4.66. The summed E-state index contributed by atoms with van der Waals surface area (Å²) < 4.78 is 27.3. The third kappa shape index (κ3) is 3.33. The monoisotopic (exact) mass is 423 g/mol. The molecule has 10 heteroatoms. The van der Waals surface area contributed by atoms with E-state index in [0.29, 0.717) is 40.6 Å². The number of rotatable bonds is 4. The van der Waals surface area contributed by atoms with Gasteiger partial charge < -0.3 is 0 Å². The zero-order valence-electron chi connectivity index (χ0n) is 14.3. The minimum absolute atomic E-state index is 0.198. The summed E-state index contributed by atoms with van der Waals surface area (Å²) in [5.74, 6) is -2.01. The molecule has 0 bridgehead atoms. The Hall–Kier alpha value is -2.58. The summed E-state index contributed by atoms with van der Waals surface area (Å²) in [5.41, 5.74) is 1.59. The molecule has 1 N–H and O–H groups in total. The van der Waals surface area contributed by atoms with E-state index in [1.165, 1.54) is 17.3 Å². The molecule has 1 aromatic carbocycles. The van der Waals surface area contributed by atoms with Gasteiger partial charge in [-0.15, -0.1) is 0 Å². The number of halogens is 4. The summed E-state index contributed by atoms with van der Waals surface area (Å²) in [7, 11) is 0. The minimum atomic E-state index is -0.843. The average Bonchev–Trinajstić information content (AvgIpc) is 3.23. The number of carbonyl (C=O) groups excluding carboxylic acids is 1. The fourth-order valence-corrected chi connectivity index (χ4v) is 3.68. The predicted octanol–water partition coefficient (Wildman–Crippen LogP) is 4.05. The van der Waals surface area contributed by atoms with Crippen LogP contribution in [0.1, 0.15) is 12.0 Å². The summed E-state index contributed by atoms with van der Waals surface area (Å²) in [6.45, 7) is 0.403. The summed E-state index contributed by atoms with van der Waals surface area (Å²) in [6, 6.07) is 4.02. The lowest BCUT2D eigenvalue weighted by molar-refractivity contribution is -0.120. The first-order chi connectivity index (χ1) is 13.5. The standard InChI is InChI=1S/C18H13Cl2F2N5O/c19-14-12(21)6-9(7-13(14)22)5-10-2-4-27(18(10)28)17-15(20)16(25-26-17)11-1-3-23-24-8-11/h1,3,6-8,10H,2,4-5H2,(H,25,26). The van der Waals surface area contributed by atoms with Crippen molar-refractivity contribution in [3.63, 3.8) is 0 Å². The van der Waals surface area contributed by atoms with Crippen molar-refractivity contribution < 1.29 is 13.6 Å². The lowest BCUT2D eigenvalue weighted by atomic mass is 9.98. The van der Waals surface area contributed by atoms with Gasteiger partial charge in [0, 0.05) is 18.0 Å². The Bertz CT molecular complexity index is 1020. The molecule has 0 radical (unpaired) electrons. The van der Waals surface area contributed by atoms with Gasteiger partial charge in [-0.3, -0.25) is 14.8 Å². The van der Waals surface area contributed by atoms with Crippen molar-refractivity contribution in [3.8, 4) is 11.3 Å². The molecule has 2 aromatic heterocycles. The van der Waals surface area contributed by atoms with Crippen LogP contribution < -0.4 is 4.90 Å². The molecule has 6 nitrogen and oxygen atoms in total. The number of hydrogen-bond donors (Lipinski definition) is 1. The summed E-state index contributed by atoms with van der Waals surface area (Å²) >= 11 is 11.9. The van der Waals surface area contributed by atoms with Crippen molar-refractivity contribution in [1.82, 2.24) is 20.4 Å². The Labute approximate surface area is 168 Å². The molecule has 0 saturated carbocycles. The summed E-state index contributed by atoms with van der Waals surface area (Å²) in [5, 5.41) is 14.2. The second kappa shape index (κ2) is 7.44. The van der Waals surface area contributed by atoms with Gasteiger partial charge in [0.25, 0.3) is 0 Å². The molecule has 4 rings (SSSR count). The van der Waals surface area contributed by atoms with Crippen LogP contribution in [-0.2, 0) is 11.2 Å². The van der Waals surface area contributed by atoms with Crippen LogP contribution in [0.15, 0.2) is 30.6 Å². The third-order valence-corrected chi connectivity index (χ3v) is 5.38. The van der Waals surface area contributed by atoms with Gasteiger partial charge in [-0.25, -0.2) is 8.78 Å². The Balaban J connectivity index is 1.55. The zero-order valence-corrected chi connectivity index (χ0v) is 15.8. The molecular formula is C18H13Cl2F2N5O. The van der Waals surface area contributed by atoms with Crippen LogP contribution in [0.5, 0.6) is 0 Å². The lowest BCUT2D eigenvalue weighted by Gasteiger charge is -2.14. The van der Waals surface area contributed by atoms with Crippen molar-refractivity contribution in [1.29, 1.82) is 0 Å². The van der Waals surface area contributed by atoms with E-state index in [4.69, 9.17) is 23.2 Å². The van der Waals surface area contributed by atoms with Crippen molar-refractivity contribution in [2.24, 2.45) is 5.92 Å². The van der Waals surface area contributed by atoms with Gasteiger partial charge in [0.2, 0.25) is 5.91 Å². The molecule has 3 heterocycles. The van der Waals surface area contributed by atoms with E-state index in [-0.39, 0.29) is 12.3 Å². The van der Waals surface area contributed by atoms with Crippen molar-refractivity contribution in [3.05, 3.63) is 57.8 Å². The number of carbonyl (C=O) groups is 1. The van der Waals surface area contributed by atoms with Gasteiger partial charge in [0.05, 0.1) is 18.1 Å². The van der Waals surface area contributed by atoms with E-state index >= 15 is 0 Å². The maximum atomic E-state index is 13.7. The summed E-state index contributed by atoms with van der Waals surface area (Å²) in [6.07, 6.45) is 3.76. The highest BCUT2D eigenvalue weighted by molar-refractivity contribution is 6.36. The average molecular weight is 424 g/mol. The van der Waals surface area contributed by atoms with E-state index in [9.17, 15) is 13.6 Å². The Morgan fingerprint density at radius 1 is 1.18 bits per heavy atom. The zero-order chi connectivity index (χ0) is 19.8. The van der Waals surface area contributed by atoms with Gasteiger partial charge in [0.1, 0.15) is 21.7 Å². The minimum Gasteiger partial charge on any atom is -0.294 e. The second-order valence-corrected chi connectivity index (χ2v) is 7.18. The van der Waals surface area contributed by atoms with Gasteiger partial charge in [-0.2, -0.15) is 15.3 Å². The van der Waals surface area contributed by atoms with Crippen LogP contribution in [0.4, 0.5) is 14.6 Å². The van der Waals surface area contributed by atoms with Crippen LogP contribution in [0.3, 0.4) is 0 Å². The van der Waals surface area contributed by atoms with E-state index in [2.05, 4.69) is 20.4 Å². The number of anilines is 1. The molecular weight excluding hydrogens is 411 g/mol. The van der Waals surface area contributed by atoms with Gasteiger partial charge in [0.15, 0.2) is 5.82 Å². The van der Waals surface area contributed by atoms with Crippen molar-refractivity contribution in [2.75, 3.05) is 11.4 Å². The number of aromatic amines is 1. The van der Waals surface area contributed by atoms with Crippen molar-refractivity contribution >= 4 is 34.9 Å². The highest BCUT2D eigenvalue weighted by Crippen LogP contribution is 2.36. The smallest absolute Gasteiger partial charge is 0.231 e. The molecule has 1 aliphatic heterocycles. The highest BCUT2D eigenvalue weighted by Gasteiger charge is 2.35. The molecule has 1 saturated heterocycles. The maximum absolute atomic E-state index is 13.7. The molecule has 1 atom stereocenters. The quantitative estimate of drug-likeness (QED) is 0.642.